The van der Waals surface area contributed by atoms with Crippen molar-refractivity contribution in [1.29, 1.82) is 0 Å². The molecule has 0 saturated carbocycles. The summed E-state index contributed by atoms with van der Waals surface area (Å²) in [5.74, 6) is -1.04. The molecule has 1 aliphatic rings. The van der Waals surface area contributed by atoms with Gasteiger partial charge < -0.3 is 15.7 Å². The number of carboxylic acid groups (broad SMARTS) is 1. The summed E-state index contributed by atoms with van der Waals surface area (Å²) in [4.78, 5) is 24.4. The van der Waals surface area contributed by atoms with Crippen LogP contribution in [0, 0.1) is 0 Å². The zero-order chi connectivity index (χ0) is 14.8. The summed E-state index contributed by atoms with van der Waals surface area (Å²) in [7, 11) is 0. The number of allylic oxidation sites excluding steroid dienone is 6. The predicted octanol–water partition coefficient (Wildman–Crippen LogP) is -0.655. The maximum absolute atomic E-state index is 12.3. The Hall–Kier alpha value is -0.504. The average Bonchev–Trinajstić information content (AvgIpc) is 2.36. The molecule has 0 spiro atoms. The van der Waals surface area contributed by atoms with Crippen LogP contribution in [0.3, 0.4) is 0 Å². The van der Waals surface area contributed by atoms with E-state index in [2.05, 4.69) is 0 Å². The number of nitrogens with zero attached hydrogens (tertiary/aromatic N) is 1. The van der Waals surface area contributed by atoms with E-state index in [-0.39, 0.29) is 70.3 Å². The van der Waals surface area contributed by atoms with Crippen LogP contribution in [0.2, 0.25) is 0 Å². The van der Waals surface area contributed by atoms with Gasteiger partial charge in [-0.1, -0.05) is 30.4 Å². The Morgan fingerprint density at radius 1 is 1.10 bits per heavy atom. The third-order valence-electron chi connectivity index (χ3n) is 2.73. The maximum Gasteiger partial charge on any atom is 1.00 e. The molecule has 0 atom stereocenters. The van der Waals surface area contributed by atoms with Crippen LogP contribution in [0.4, 0.5) is 0 Å². The van der Waals surface area contributed by atoms with Gasteiger partial charge in [-0.2, -0.15) is 0 Å². The van der Waals surface area contributed by atoms with Crippen molar-refractivity contribution in [3.63, 3.8) is 0 Å². The van der Waals surface area contributed by atoms with Crippen molar-refractivity contribution in [1.82, 2.24) is 4.90 Å². The molecule has 0 aromatic rings. The van der Waals surface area contributed by atoms with E-state index < -0.39 is 5.97 Å². The van der Waals surface area contributed by atoms with Gasteiger partial charge in [-0.25, -0.2) is 0 Å². The fraction of sp³-hybridized carbons (Fsp3) is 0.333. The molecule has 0 aliphatic heterocycles. The zero-order valence-electron chi connectivity index (χ0n) is 12.3. The molecule has 1 amide bonds. The fourth-order valence-corrected chi connectivity index (χ4v) is 1.76. The molecule has 0 radical (unpaired) electrons. The van der Waals surface area contributed by atoms with E-state index in [0.29, 0.717) is 25.1 Å². The minimum absolute atomic E-state index is 0. The molecule has 0 aromatic heterocycles. The second-order valence-electron chi connectivity index (χ2n) is 4.29. The van der Waals surface area contributed by atoms with Crippen molar-refractivity contribution >= 4 is 11.9 Å². The number of carbonyl (C=O) groups is 2. The van der Waals surface area contributed by atoms with Crippen molar-refractivity contribution in [2.45, 2.75) is 12.8 Å². The Morgan fingerprint density at radius 3 is 2.43 bits per heavy atom. The van der Waals surface area contributed by atoms with Gasteiger partial charge in [0, 0.05) is 25.1 Å². The molecule has 0 fully saturated rings. The molecule has 6 heteroatoms. The van der Waals surface area contributed by atoms with E-state index in [1.807, 2.05) is 18.2 Å². The first-order chi connectivity index (χ1) is 9.65. The summed E-state index contributed by atoms with van der Waals surface area (Å²) < 4.78 is 0. The SMILES string of the molecule is [K+].[NH-]CCN(CCCC(=O)O)C(=O)C1=C/C=C\C=C/C=C\1. The van der Waals surface area contributed by atoms with Crippen molar-refractivity contribution < 1.29 is 66.1 Å². The molecule has 5 nitrogen and oxygen atoms in total. The van der Waals surface area contributed by atoms with Gasteiger partial charge in [0.1, 0.15) is 0 Å². The Bertz CT molecular complexity index is 468. The minimum Gasteiger partial charge on any atom is -0.676 e. The van der Waals surface area contributed by atoms with E-state index in [1.165, 1.54) is 4.90 Å². The third-order valence-corrected chi connectivity index (χ3v) is 2.73. The molecule has 0 bridgehead atoms. The summed E-state index contributed by atoms with van der Waals surface area (Å²) in [6.07, 6.45) is 12.9. The molecule has 1 aliphatic carbocycles. The molecular formula is C15H19KN2O3. The van der Waals surface area contributed by atoms with Gasteiger partial charge in [-0.15, -0.1) is 6.54 Å². The molecular weight excluding hydrogens is 295 g/mol. The van der Waals surface area contributed by atoms with Gasteiger partial charge in [0.2, 0.25) is 0 Å². The summed E-state index contributed by atoms with van der Waals surface area (Å²) in [5.41, 5.74) is 7.80. The normalized spacial score (nSPS) is 20.0. The van der Waals surface area contributed by atoms with Gasteiger partial charge in [0.05, 0.1) is 0 Å². The smallest absolute Gasteiger partial charge is 0.676 e. The standard InChI is InChI=1S/C15H19N2O3.K/c16-10-12-17(11-6-9-14(18)19)15(20)13-7-4-2-1-3-5-8-13;/h1-5,7-8,16H,6,9-12H2,(H,18,19);/q-1;+1/b2-1-,3-1?,4-2?,5-3-,7-4-,8-5?,13-7?,13-8+;. The molecule has 21 heavy (non-hydrogen) atoms. The summed E-state index contributed by atoms with van der Waals surface area (Å²) in [6, 6.07) is 0. The molecule has 2 N–H and O–H groups in total. The Kier molecular flexibility index (Phi) is 11.8. The molecule has 0 saturated heterocycles. The first-order valence-electron chi connectivity index (χ1n) is 6.52. The minimum atomic E-state index is -0.874. The number of rotatable bonds is 7. The van der Waals surface area contributed by atoms with Crippen molar-refractivity contribution in [2.24, 2.45) is 0 Å². The molecule has 108 valence electrons. The number of carboxylic acids is 1. The monoisotopic (exact) mass is 314 g/mol. The number of nitrogens with one attached hydrogen (secondary N) is 1. The molecule has 0 heterocycles. The molecule has 0 aromatic carbocycles. The predicted molar refractivity (Wildman–Crippen MR) is 78.1 cm³/mol. The Morgan fingerprint density at radius 2 is 1.76 bits per heavy atom. The largest absolute Gasteiger partial charge is 1.00 e. The average molecular weight is 314 g/mol. The topological polar surface area (TPSA) is 81.4 Å². The van der Waals surface area contributed by atoms with Crippen molar-refractivity contribution in [3.8, 4) is 0 Å². The van der Waals surface area contributed by atoms with E-state index in [1.54, 1.807) is 24.3 Å². The Labute approximate surface area is 167 Å². The fourth-order valence-electron chi connectivity index (χ4n) is 1.76. The first-order valence-corrected chi connectivity index (χ1v) is 6.52. The molecule has 0 unspecified atom stereocenters. The van der Waals surface area contributed by atoms with Crippen LogP contribution in [0.25, 0.3) is 5.73 Å². The van der Waals surface area contributed by atoms with Gasteiger partial charge in [0.15, 0.2) is 0 Å². The number of amides is 1. The first kappa shape index (κ1) is 20.5. The van der Waals surface area contributed by atoms with Crippen LogP contribution in [-0.2, 0) is 9.59 Å². The number of hydrogen-bond donors (Lipinski definition) is 1. The van der Waals surface area contributed by atoms with Gasteiger partial charge in [-0.05, 0) is 18.6 Å². The van der Waals surface area contributed by atoms with Crippen LogP contribution >= 0.6 is 0 Å². The second-order valence-corrected chi connectivity index (χ2v) is 4.29. The van der Waals surface area contributed by atoms with Crippen molar-refractivity contribution in [2.75, 3.05) is 19.6 Å². The van der Waals surface area contributed by atoms with E-state index in [0.717, 1.165) is 0 Å². The van der Waals surface area contributed by atoms with Gasteiger partial charge in [-0.3, -0.25) is 9.59 Å². The van der Waals surface area contributed by atoms with E-state index in [4.69, 9.17) is 10.8 Å². The summed E-state index contributed by atoms with van der Waals surface area (Å²) in [5, 5.41) is 8.63. The third kappa shape index (κ3) is 8.50. The summed E-state index contributed by atoms with van der Waals surface area (Å²) >= 11 is 0. The van der Waals surface area contributed by atoms with Crippen LogP contribution in [-0.4, -0.2) is 41.5 Å². The van der Waals surface area contributed by atoms with Crippen LogP contribution in [0.15, 0.2) is 48.1 Å². The molecule has 1 rings (SSSR count). The summed E-state index contributed by atoms with van der Waals surface area (Å²) in [6.45, 7) is 0.767. The van der Waals surface area contributed by atoms with Gasteiger partial charge >= 0.3 is 57.4 Å². The second kappa shape index (κ2) is 12.1. The number of carbonyl (C=O) groups excluding carboxylic acids is 1. The van der Waals surface area contributed by atoms with Gasteiger partial charge in [0.25, 0.3) is 5.91 Å². The Balaban J connectivity index is 0.00000400. The van der Waals surface area contributed by atoms with E-state index in [9.17, 15) is 9.59 Å². The number of aliphatic carboxylic acids is 1. The quantitative estimate of drug-likeness (QED) is 0.634. The van der Waals surface area contributed by atoms with Crippen LogP contribution < -0.4 is 51.4 Å². The van der Waals surface area contributed by atoms with Crippen LogP contribution in [0.1, 0.15) is 12.8 Å². The maximum atomic E-state index is 12.3. The number of hydrogen-bond acceptors (Lipinski definition) is 2. The van der Waals surface area contributed by atoms with Crippen LogP contribution in [0.5, 0.6) is 0 Å². The van der Waals surface area contributed by atoms with Crippen molar-refractivity contribution in [3.05, 3.63) is 53.8 Å². The van der Waals surface area contributed by atoms with E-state index >= 15 is 0 Å². The zero-order valence-corrected chi connectivity index (χ0v) is 15.4.